The molecule has 12 heteroatoms. The molecule has 0 aromatic carbocycles. The van der Waals surface area contributed by atoms with Crippen LogP contribution in [0.15, 0.2) is 4.42 Å². The summed E-state index contributed by atoms with van der Waals surface area (Å²) in [6.45, 7) is 3.18. The van der Waals surface area contributed by atoms with Crippen LogP contribution in [0.2, 0.25) is 0 Å². The molecule has 6 aliphatic rings. The maximum Gasteiger partial charge on any atom is 0.403 e. The Kier molecular flexibility index (Phi) is 4.25. The fraction of sp³-hybridized carbons (Fsp3) is 0.800. The van der Waals surface area contributed by atoms with Gasteiger partial charge in [-0.05, 0) is 57.3 Å². The monoisotopic (exact) mass is 517 g/mol. The van der Waals surface area contributed by atoms with Crippen LogP contribution in [0.4, 0.5) is 18.0 Å². The number of nitrogens with zero attached hydrogens (tertiary/aromatic N) is 6. The number of H-pyrrole nitrogens is 1. The second kappa shape index (κ2) is 7.05. The number of urea groups is 1. The Hall–Kier alpha value is -2.66. The standard InChI is InChI=1S/C25H30F3N7O2/c26-25(27,28)24(3-4-24)20-33-30-17(37-20)5-14-6-22(7-14)10-34(11-22)21(36)35-12-23(13-35)8-16(9-23)19-29-18(31-32-19)15-1-2-15/h14-16H,1-13H2,(H,29,31,32). The zero-order valence-electron chi connectivity index (χ0n) is 20.6. The lowest BCUT2D eigenvalue weighted by Gasteiger charge is -2.63. The number of hydrogen-bond acceptors (Lipinski definition) is 6. The van der Waals surface area contributed by atoms with Crippen LogP contribution in [0.3, 0.4) is 0 Å². The molecule has 0 atom stereocenters. The van der Waals surface area contributed by atoms with E-state index in [-0.39, 0.29) is 35.6 Å². The third kappa shape index (κ3) is 3.39. The fourth-order valence-corrected chi connectivity index (χ4v) is 7.52. The average Bonchev–Trinajstić information content (AvgIpc) is 3.66. The number of hydrogen-bond donors (Lipinski definition) is 1. The molecule has 198 valence electrons. The number of nitrogens with one attached hydrogen (secondary N) is 1. The fourth-order valence-electron chi connectivity index (χ4n) is 7.52. The lowest BCUT2D eigenvalue weighted by atomic mass is 9.56. The van der Waals surface area contributed by atoms with Crippen LogP contribution < -0.4 is 0 Å². The van der Waals surface area contributed by atoms with Crippen LogP contribution in [-0.2, 0) is 11.8 Å². The number of aromatic amines is 1. The summed E-state index contributed by atoms with van der Waals surface area (Å²) in [6.07, 6.45) is 2.66. The zero-order valence-corrected chi connectivity index (χ0v) is 20.6. The lowest BCUT2D eigenvalue weighted by molar-refractivity contribution is -0.165. The van der Waals surface area contributed by atoms with Gasteiger partial charge in [0.05, 0.1) is 0 Å². The van der Waals surface area contributed by atoms with Crippen molar-refractivity contribution in [3.05, 3.63) is 23.4 Å². The Morgan fingerprint density at radius 1 is 0.973 bits per heavy atom. The van der Waals surface area contributed by atoms with E-state index in [2.05, 4.69) is 20.4 Å². The van der Waals surface area contributed by atoms with Crippen LogP contribution in [0.5, 0.6) is 0 Å². The summed E-state index contributed by atoms with van der Waals surface area (Å²) in [7, 11) is 0. The third-order valence-corrected chi connectivity index (χ3v) is 9.93. The highest BCUT2D eigenvalue weighted by Gasteiger charge is 2.68. The maximum atomic E-state index is 13.3. The Balaban J connectivity index is 0.781. The Morgan fingerprint density at radius 2 is 1.62 bits per heavy atom. The highest BCUT2D eigenvalue weighted by atomic mass is 19.4. The summed E-state index contributed by atoms with van der Waals surface area (Å²) < 4.78 is 45.3. The molecule has 2 aromatic heterocycles. The van der Waals surface area contributed by atoms with Gasteiger partial charge in [-0.15, -0.1) is 10.2 Å². The van der Waals surface area contributed by atoms with E-state index in [4.69, 9.17) is 9.40 Å². The molecule has 2 aliphatic heterocycles. The van der Waals surface area contributed by atoms with Crippen molar-refractivity contribution in [3.63, 3.8) is 0 Å². The third-order valence-electron chi connectivity index (χ3n) is 9.93. The smallest absolute Gasteiger partial charge is 0.403 e. The predicted octanol–water partition coefficient (Wildman–Crippen LogP) is 3.91. The minimum Gasteiger partial charge on any atom is -0.424 e. The SMILES string of the molecule is O=C(N1CC2(CC(Cc3nnc(C4(C(F)(F)F)CC4)o3)C2)C1)N1CC2(CC(c3n[nH]c(C4CC4)n3)C2)C1. The normalized spacial score (nSPS) is 27.5. The molecule has 0 bridgehead atoms. The second-order valence-corrected chi connectivity index (χ2v) is 13.0. The van der Waals surface area contributed by atoms with Crippen molar-refractivity contribution in [2.75, 3.05) is 26.2 Å². The van der Waals surface area contributed by atoms with Crippen LogP contribution in [-0.4, -0.2) is 73.6 Å². The van der Waals surface area contributed by atoms with Crippen molar-refractivity contribution in [1.82, 2.24) is 35.2 Å². The first kappa shape index (κ1) is 22.3. The van der Waals surface area contributed by atoms with Gasteiger partial charge in [-0.3, -0.25) is 5.10 Å². The van der Waals surface area contributed by atoms with E-state index >= 15 is 0 Å². The van der Waals surface area contributed by atoms with Crippen LogP contribution in [0.1, 0.15) is 86.6 Å². The minimum absolute atomic E-state index is 0.0236. The highest BCUT2D eigenvalue weighted by Crippen LogP contribution is 2.59. The first-order valence-electron chi connectivity index (χ1n) is 13.5. The molecule has 1 N–H and O–H groups in total. The Morgan fingerprint density at radius 3 is 2.22 bits per heavy atom. The molecule has 2 saturated heterocycles. The largest absolute Gasteiger partial charge is 0.424 e. The molecule has 4 aliphatic carbocycles. The number of carbonyl (C=O) groups is 1. The molecular weight excluding hydrogens is 487 g/mol. The van der Waals surface area contributed by atoms with E-state index in [1.165, 1.54) is 12.8 Å². The number of carbonyl (C=O) groups excluding carboxylic acids is 1. The predicted molar refractivity (Wildman–Crippen MR) is 121 cm³/mol. The summed E-state index contributed by atoms with van der Waals surface area (Å²) >= 11 is 0. The van der Waals surface area contributed by atoms with Crippen molar-refractivity contribution in [1.29, 1.82) is 0 Å². The summed E-state index contributed by atoms with van der Waals surface area (Å²) in [5.41, 5.74) is -1.51. The minimum atomic E-state index is -4.34. The van der Waals surface area contributed by atoms with Gasteiger partial charge in [-0.2, -0.15) is 18.3 Å². The number of halogens is 3. The topological polar surface area (TPSA) is 104 Å². The average molecular weight is 518 g/mol. The lowest BCUT2D eigenvalue weighted by Crippen LogP contribution is -2.70. The molecule has 2 spiro atoms. The molecule has 0 radical (unpaired) electrons. The van der Waals surface area contributed by atoms with Gasteiger partial charge in [-0.1, -0.05) is 0 Å². The summed E-state index contributed by atoms with van der Waals surface area (Å²) in [6, 6.07) is 0.139. The van der Waals surface area contributed by atoms with Crippen LogP contribution in [0, 0.1) is 16.7 Å². The molecule has 2 amide bonds. The van der Waals surface area contributed by atoms with Gasteiger partial charge in [0.2, 0.25) is 11.8 Å². The first-order valence-corrected chi connectivity index (χ1v) is 13.5. The molecular formula is C25H30F3N7O2. The number of likely N-dealkylation sites (tertiary alicyclic amines) is 2. The van der Waals surface area contributed by atoms with E-state index in [1.807, 2.05) is 9.80 Å². The van der Waals surface area contributed by atoms with E-state index in [0.717, 1.165) is 63.5 Å². The van der Waals surface area contributed by atoms with Crippen molar-refractivity contribution in [3.8, 4) is 0 Å². The number of aromatic nitrogens is 5. The molecule has 6 fully saturated rings. The van der Waals surface area contributed by atoms with Gasteiger partial charge >= 0.3 is 12.2 Å². The van der Waals surface area contributed by atoms with E-state index in [0.29, 0.717) is 30.1 Å². The van der Waals surface area contributed by atoms with Crippen LogP contribution >= 0.6 is 0 Å². The van der Waals surface area contributed by atoms with E-state index < -0.39 is 11.6 Å². The van der Waals surface area contributed by atoms with Crippen molar-refractivity contribution in [2.45, 2.75) is 81.2 Å². The van der Waals surface area contributed by atoms with Gasteiger partial charge < -0.3 is 14.2 Å². The zero-order chi connectivity index (χ0) is 25.2. The molecule has 4 heterocycles. The van der Waals surface area contributed by atoms with Gasteiger partial charge in [0.25, 0.3) is 0 Å². The van der Waals surface area contributed by atoms with Gasteiger partial charge in [0.1, 0.15) is 11.2 Å². The van der Waals surface area contributed by atoms with Gasteiger partial charge in [-0.25, -0.2) is 9.78 Å². The van der Waals surface area contributed by atoms with E-state index in [1.54, 1.807) is 0 Å². The molecule has 2 aromatic rings. The summed E-state index contributed by atoms with van der Waals surface area (Å²) in [5.74, 6) is 3.34. The Bertz CT molecular complexity index is 1240. The van der Waals surface area contributed by atoms with Crippen LogP contribution in [0.25, 0.3) is 0 Å². The maximum absolute atomic E-state index is 13.3. The quantitative estimate of drug-likeness (QED) is 0.645. The Labute approximate surface area is 211 Å². The second-order valence-electron chi connectivity index (χ2n) is 13.0. The molecule has 37 heavy (non-hydrogen) atoms. The first-order chi connectivity index (χ1) is 17.6. The summed E-state index contributed by atoms with van der Waals surface area (Å²) in [4.78, 5) is 21.6. The van der Waals surface area contributed by atoms with Gasteiger partial charge in [0, 0.05) is 55.3 Å². The number of amides is 2. The van der Waals surface area contributed by atoms with Crippen molar-refractivity contribution >= 4 is 6.03 Å². The molecule has 4 saturated carbocycles. The van der Waals surface area contributed by atoms with E-state index in [9.17, 15) is 18.0 Å². The number of alkyl halides is 3. The van der Waals surface area contributed by atoms with Crippen molar-refractivity contribution < 1.29 is 22.4 Å². The molecule has 0 unspecified atom stereocenters. The summed E-state index contributed by atoms with van der Waals surface area (Å²) in [5, 5.41) is 15.2. The highest BCUT2D eigenvalue weighted by molar-refractivity contribution is 5.77. The van der Waals surface area contributed by atoms with Crippen molar-refractivity contribution in [2.24, 2.45) is 16.7 Å². The van der Waals surface area contributed by atoms with Gasteiger partial charge in [0.15, 0.2) is 5.82 Å². The molecule has 9 nitrogen and oxygen atoms in total. The number of rotatable bonds is 5. The molecule has 8 rings (SSSR count).